The number of halogens is 2. The third-order valence-electron chi connectivity index (χ3n) is 5.30. The quantitative estimate of drug-likeness (QED) is 0.656. The molecule has 1 aliphatic heterocycles. The summed E-state index contributed by atoms with van der Waals surface area (Å²) >= 11 is 6.17. The van der Waals surface area contributed by atoms with E-state index in [0.29, 0.717) is 24.1 Å². The van der Waals surface area contributed by atoms with Gasteiger partial charge < -0.3 is 10.2 Å². The smallest absolute Gasteiger partial charge is 0.225 e. The van der Waals surface area contributed by atoms with Crippen molar-refractivity contribution in [1.29, 1.82) is 0 Å². The molecule has 0 radical (unpaired) electrons. The lowest BCUT2D eigenvalue weighted by Crippen LogP contribution is -2.43. The van der Waals surface area contributed by atoms with Crippen molar-refractivity contribution in [1.82, 2.24) is 15.3 Å². The second-order valence-electron chi connectivity index (χ2n) is 7.37. The van der Waals surface area contributed by atoms with Crippen molar-refractivity contribution in [2.45, 2.75) is 19.4 Å². The number of hydrogen-bond acceptors (Lipinski definition) is 4. The Morgan fingerprint density at radius 3 is 2.57 bits per heavy atom. The van der Waals surface area contributed by atoms with Crippen molar-refractivity contribution in [2.75, 3.05) is 18.0 Å². The van der Waals surface area contributed by atoms with Crippen LogP contribution >= 0.6 is 11.6 Å². The van der Waals surface area contributed by atoms with Gasteiger partial charge in [0.1, 0.15) is 5.82 Å². The van der Waals surface area contributed by atoms with E-state index in [4.69, 9.17) is 11.6 Å². The number of hydrogen-bond donors (Lipinski definition) is 1. The average Bonchev–Trinajstić information content (AvgIpc) is 2.79. The zero-order valence-corrected chi connectivity index (χ0v) is 17.1. The molecule has 154 valence electrons. The second kappa shape index (κ2) is 9.22. The SMILES string of the molecule is O=C(NCc1ccccc1Cl)[C@H]1CCCN(c2ncc(-c3ccc(F)cc3)cn2)C1. The maximum Gasteiger partial charge on any atom is 0.225 e. The molecule has 1 aliphatic rings. The van der Waals surface area contributed by atoms with Crippen LogP contribution in [-0.2, 0) is 11.3 Å². The molecule has 0 bridgehead atoms. The highest BCUT2D eigenvalue weighted by molar-refractivity contribution is 6.31. The number of aromatic nitrogens is 2. The molecule has 0 unspecified atom stereocenters. The zero-order chi connectivity index (χ0) is 20.9. The van der Waals surface area contributed by atoms with Crippen molar-refractivity contribution < 1.29 is 9.18 Å². The van der Waals surface area contributed by atoms with Crippen LogP contribution in [-0.4, -0.2) is 29.0 Å². The largest absolute Gasteiger partial charge is 0.352 e. The molecule has 5 nitrogen and oxygen atoms in total. The molecule has 1 fully saturated rings. The summed E-state index contributed by atoms with van der Waals surface area (Å²) in [6.45, 7) is 1.80. The maximum atomic E-state index is 13.1. The van der Waals surface area contributed by atoms with Gasteiger partial charge in [-0.1, -0.05) is 41.9 Å². The van der Waals surface area contributed by atoms with E-state index >= 15 is 0 Å². The lowest BCUT2D eigenvalue weighted by molar-refractivity contribution is -0.125. The molecule has 0 aliphatic carbocycles. The lowest BCUT2D eigenvalue weighted by Gasteiger charge is -2.32. The predicted molar refractivity (Wildman–Crippen MR) is 116 cm³/mol. The monoisotopic (exact) mass is 424 g/mol. The van der Waals surface area contributed by atoms with Crippen molar-refractivity contribution in [3.63, 3.8) is 0 Å². The van der Waals surface area contributed by atoms with Crippen LogP contribution in [0.2, 0.25) is 5.02 Å². The third-order valence-corrected chi connectivity index (χ3v) is 5.67. The van der Waals surface area contributed by atoms with Crippen LogP contribution in [0, 0.1) is 11.7 Å². The molecule has 0 spiro atoms. The fourth-order valence-corrected chi connectivity index (χ4v) is 3.82. The number of amides is 1. The van der Waals surface area contributed by atoms with Gasteiger partial charge in [0, 0.05) is 42.6 Å². The maximum absolute atomic E-state index is 13.1. The van der Waals surface area contributed by atoms with E-state index in [-0.39, 0.29) is 17.6 Å². The van der Waals surface area contributed by atoms with Crippen LogP contribution < -0.4 is 10.2 Å². The Kier molecular flexibility index (Phi) is 6.23. The van der Waals surface area contributed by atoms with E-state index in [9.17, 15) is 9.18 Å². The number of nitrogens with one attached hydrogen (secondary N) is 1. The van der Waals surface area contributed by atoms with Crippen molar-refractivity contribution >= 4 is 23.5 Å². The van der Waals surface area contributed by atoms with Gasteiger partial charge in [-0.05, 0) is 42.2 Å². The number of anilines is 1. The van der Waals surface area contributed by atoms with Crippen molar-refractivity contribution in [3.05, 3.63) is 77.3 Å². The number of rotatable bonds is 5. The molecule has 1 saturated heterocycles. The summed E-state index contributed by atoms with van der Waals surface area (Å²) in [7, 11) is 0. The molecule has 4 rings (SSSR count). The fourth-order valence-electron chi connectivity index (χ4n) is 3.62. The average molecular weight is 425 g/mol. The molecule has 0 saturated carbocycles. The third kappa shape index (κ3) is 4.76. The van der Waals surface area contributed by atoms with Gasteiger partial charge >= 0.3 is 0 Å². The lowest BCUT2D eigenvalue weighted by atomic mass is 9.97. The van der Waals surface area contributed by atoms with Gasteiger partial charge in [0.15, 0.2) is 0 Å². The Morgan fingerprint density at radius 1 is 1.10 bits per heavy atom. The summed E-state index contributed by atoms with van der Waals surface area (Å²) < 4.78 is 13.1. The highest BCUT2D eigenvalue weighted by atomic mass is 35.5. The van der Waals surface area contributed by atoms with E-state index in [2.05, 4.69) is 15.3 Å². The van der Waals surface area contributed by atoms with E-state index < -0.39 is 0 Å². The Hall–Kier alpha value is -2.99. The summed E-state index contributed by atoms with van der Waals surface area (Å²) in [5.74, 6) is 0.220. The first-order valence-electron chi connectivity index (χ1n) is 9.94. The first-order valence-corrected chi connectivity index (χ1v) is 10.3. The minimum atomic E-state index is -0.275. The van der Waals surface area contributed by atoms with Crippen molar-refractivity contribution in [2.24, 2.45) is 5.92 Å². The molecular formula is C23H22ClFN4O. The van der Waals surface area contributed by atoms with Gasteiger partial charge in [0.25, 0.3) is 0 Å². The first kappa shape index (κ1) is 20.3. The minimum Gasteiger partial charge on any atom is -0.352 e. The summed E-state index contributed by atoms with van der Waals surface area (Å²) in [6.07, 6.45) is 5.19. The van der Waals surface area contributed by atoms with E-state index in [1.54, 1.807) is 24.5 Å². The number of piperidine rings is 1. The predicted octanol–water partition coefficient (Wildman–Crippen LogP) is 4.47. The van der Waals surface area contributed by atoms with Gasteiger partial charge in [-0.25, -0.2) is 14.4 Å². The Labute approximate surface area is 179 Å². The van der Waals surface area contributed by atoms with Gasteiger partial charge in [-0.2, -0.15) is 0 Å². The molecule has 1 amide bonds. The fraction of sp³-hybridized carbons (Fsp3) is 0.261. The Balaban J connectivity index is 1.38. The van der Waals surface area contributed by atoms with Crippen LogP contribution in [0.25, 0.3) is 11.1 Å². The van der Waals surface area contributed by atoms with E-state index in [1.165, 1.54) is 12.1 Å². The van der Waals surface area contributed by atoms with Crippen LogP contribution in [0.1, 0.15) is 18.4 Å². The number of nitrogens with zero attached hydrogens (tertiary/aromatic N) is 3. The van der Waals surface area contributed by atoms with Gasteiger partial charge in [-0.15, -0.1) is 0 Å². The summed E-state index contributed by atoms with van der Waals surface area (Å²) in [6, 6.07) is 13.7. The van der Waals surface area contributed by atoms with Crippen molar-refractivity contribution in [3.8, 4) is 11.1 Å². The molecule has 2 heterocycles. The molecule has 7 heteroatoms. The molecule has 3 aromatic rings. The molecule has 30 heavy (non-hydrogen) atoms. The minimum absolute atomic E-state index is 0.0163. The zero-order valence-electron chi connectivity index (χ0n) is 16.4. The highest BCUT2D eigenvalue weighted by Gasteiger charge is 2.27. The van der Waals surface area contributed by atoms with Gasteiger partial charge in [-0.3, -0.25) is 4.79 Å². The summed E-state index contributed by atoms with van der Waals surface area (Å²) in [4.78, 5) is 23.7. The standard InChI is InChI=1S/C23H22ClFN4O/c24-21-6-2-1-4-17(21)12-26-22(30)18-5-3-11-29(15-18)23-27-13-19(14-28-23)16-7-9-20(25)10-8-16/h1-2,4,6-10,13-14,18H,3,5,11-12,15H2,(H,26,30)/t18-/m0/s1. The normalized spacial score (nSPS) is 16.3. The van der Waals surface area contributed by atoms with E-state index in [0.717, 1.165) is 36.1 Å². The molecule has 1 N–H and O–H groups in total. The molecular weight excluding hydrogens is 403 g/mol. The van der Waals surface area contributed by atoms with Crippen LogP contribution in [0.15, 0.2) is 60.9 Å². The number of carbonyl (C=O) groups is 1. The van der Waals surface area contributed by atoms with Crippen LogP contribution in [0.4, 0.5) is 10.3 Å². The van der Waals surface area contributed by atoms with Gasteiger partial charge in [0.2, 0.25) is 11.9 Å². The Morgan fingerprint density at radius 2 is 1.83 bits per heavy atom. The van der Waals surface area contributed by atoms with E-state index in [1.807, 2.05) is 29.2 Å². The molecule has 2 aromatic carbocycles. The Bertz CT molecular complexity index is 1010. The molecule has 1 aromatic heterocycles. The number of carbonyl (C=O) groups excluding carboxylic acids is 1. The second-order valence-corrected chi connectivity index (χ2v) is 7.78. The highest BCUT2D eigenvalue weighted by Crippen LogP contribution is 2.23. The summed E-state index contributed by atoms with van der Waals surface area (Å²) in [5.41, 5.74) is 2.59. The topological polar surface area (TPSA) is 58.1 Å². The van der Waals surface area contributed by atoms with Gasteiger partial charge in [0.05, 0.1) is 5.92 Å². The first-order chi connectivity index (χ1) is 14.6. The molecule has 1 atom stereocenters. The summed E-state index contributed by atoms with van der Waals surface area (Å²) in [5, 5.41) is 3.65. The number of benzene rings is 2. The van der Waals surface area contributed by atoms with Crippen LogP contribution in [0.5, 0.6) is 0 Å². The van der Waals surface area contributed by atoms with Crippen LogP contribution in [0.3, 0.4) is 0 Å².